The Balaban J connectivity index is 1.59. The summed E-state index contributed by atoms with van der Waals surface area (Å²) in [4.78, 5) is 8.21. The van der Waals surface area contributed by atoms with Crippen LogP contribution >= 0.6 is 23.2 Å². The average Bonchev–Trinajstić information content (AvgIpc) is 3.07. The van der Waals surface area contributed by atoms with Crippen LogP contribution in [0.25, 0.3) is 5.82 Å². The van der Waals surface area contributed by atoms with Crippen molar-refractivity contribution in [1.29, 1.82) is 0 Å². The highest BCUT2D eigenvalue weighted by atomic mass is 35.5. The first-order valence-corrected chi connectivity index (χ1v) is 10.1. The molecular formula is C16H16Cl2N6O2S. The molecule has 0 fully saturated rings. The lowest BCUT2D eigenvalue weighted by Gasteiger charge is -2.10. The number of halogens is 2. The number of hydrogen-bond donors (Lipinski definition) is 2. The van der Waals surface area contributed by atoms with Crippen LogP contribution in [0.5, 0.6) is 0 Å². The van der Waals surface area contributed by atoms with E-state index in [4.69, 9.17) is 23.2 Å². The summed E-state index contributed by atoms with van der Waals surface area (Å²) in [6.07, 6.45) is 3.20. The SMILES string of the molecule is Cc1ccn(-c2cc(NCCNS(=O)(=O)c3cc(Cl)ccc3Cl)ncn2)n1. The summed E-state index contributed by atoms with van der Waals surface area (Å²) in [5, 5.41) is 7.72. The summed E-state index contributed by atoms with van der Waals surface area (Å²) < 4.78 is 28.8. The van der Waals surface area contributed by atoms with Gasteiger partial charge < -0.3 is 5.32 Å². The number of benzene rings is 1. The van der Waals surface area contributed by atoms with E-state index in [1.165, 1.54) is 24.5 Å². The van der Waals surface area contributed by atoms with E-state index in [0.717, 1.165) is 5.69 Å². The number of nitrogens with one attached hydrogen (secondary N) is 2. The molecule has 0 unspecified atom stereocenters. The third kappa shape index (κ3) is 4.95. The largest absolute Gasteiger partial charge is 0.369 e. The second kappa shape index (κ2) is 8.22. The van der Waals surface area contributed by atoms with Crippen molar-refractivity contribution in [3.05, 3.63) is 58.6 Å². The maximum Gasteiger partial charge on any atom is 0.242 e. The average molecular weight is 427 g/mol. The van der Waals surface area contributed by atoms with Gasteiger partial charge in [-0.2, -0.15) is 5.10 Å². The molecule has 8 nitrogen and oxygen atoms in total. The Labute approximate surface area is 166 Å². The molecular weight excluding hydrogens is 411 g/mol. The molecule has 142 valence electrons. The lowest BCUT2D eigenvalue weighted by atomic mass is 10.4. The maximum atomic E-state index is 12.3. The third-order valence-electron chi connectivity index (χ3n) is 3.52. The van der Waals surface area contributed by atoms with Crippen molar-refractivity contribution >= 4 is 39.0 Å². The van der Waals surface area contributed by atoms with E-state index in [1.807, 2.05) is 13.0 Å². The Kier molecular flexibility index (Phi) is 5.95. The van der Waals surface area contributed by atoms with Crippen molar-refractivity contribution < 1.29 is 8.42 Å². The Morgan fingerprint density at radius 2 is 1.93 bits per heavy atom. The van der Waals surface area contributed by atoms with Gasteiger partial charge in [-0.3, -0.25) is 0 Å². The van der Waals surface area contributed by atoms with Crippen LogP contribution in [-0.2, 0) is 10.0 Å². The molecule has 3 aromatic rings. The minimum Gasteiger partial charge on any atom is -0.369 e. The lowest BCUT2D eigenvalue weighted by Crippen LogP contribution is -2.29. The quantitative estimate of drug-likeness (QED) is 0.563. The van der Waals surface area contributed by atoms with Gasteiger partial charge in [-0.25, -0.2) is 27.8 Å². The molecule has 0 spiro atoms. The van der Waals surface area contributed by atoms with Crippen LogP contribution in [0.15, 0.2) is 47.8 Å². The summed E-state index contributed by atoms with van der Waals surface area (Å²) in [5.41, 5.74) is 0.872. The van der Waals surface area contributed by atoms with Gasteiger partial charge in [0.2, 0.25) is 10.0 Å². The first-order chi connectivity index (χ1) is 12.8. The van der Waals surface area contributed by atoms with E-state index in [2.05, 4.69) is 25.1 Å². The number of aromatic nitrogens is 4. The zero-order valence-corrected chi connectivity index (χ0v) is 16.6. The predicted molar refractivity (Wildman–Crippen MR) is 104 cm³/mol. The monoisotopic (exact) mass is 426 g/mol. The second-order valence-electron chi connectivity index (χ2n) is 5.56. The van der Waals surface area contributed by atoms with Crippen LogP contribution < -0.4 is 10.0 Å². The fraction of sp³-hybridized carbons (Fsp3) is 0.188. The first-order valence-electron chi connectivity index (χ1n) is 7.88. The summed E-state index contributed by atoms with van der Waals surface area (Å²) in [6.45, 7) is 2.33. The highest BCUT2D eigenvalue weighted by molar-refractivity contribution is 7.89. The molecule has 0 saturated heterocycles. The fourth-order valence-electron chi connectivity index (χ4n) is 2.25. The molecule has 0 aliphatic rings. The van der Waals surface area contributed by atoms with Gasteiger partial charge in [0.1, 0.15) is 17.0 Å². The van der Waals surface area contributed by atoms with E-state index < -0.39 is 10.0 Å². The molecule has 1 aromatic carbocycles. The summed E-state index contributed by atoms with van der Waals surface area (Å²) >= 11 is 11.8. The van der Waals surface area contributed by atoms with Crippen LogP contribution in [0, 0.1) is 6.92 Å². The van der Waals surface area contributed by atoms with Gasteiger partial charge in [-0.1, -0.05) is 23.2 Å². The number of nitrogens with zero attached hydrogens (tertiary/aromatic N) is 4. The topological polar surface area (TPSA) is 102 Å². The van der Waals surface area contributed by atoms with Gasteiger partial charge in [-0.15, -0.1) is 0 Å². The Morgan fingerprint density at radius 1 is 1.11 bits per heavy atom. The zero-order valence-electron chi connectivity index (χ0n) is 14.2. The van der Waals surface area contributed by atoms with Gasteiger partial charge in [0.05, 0.1) is 10.7 Å². The zero-order chi connectivity index (χ0) is 19.4. The van der Waals surface area contributed by atoms with Crippen molar-refractivity contribution in [3.63, 3.8) is 0 Å². The normalized spacial score (nSPS) is 11.5. The highest BCUT2D eigenvalue weighted by Gasteiger charge is 2.17. The fourth-order valence-corrected chi connectivity index (χ4v) is 4.04. The molecule has 0 saturated carbocycles. The molecule has 2 N–H and O–H groups in total. The number of rotatable bonds is 7. The maximum absolute atomic E-state index is 12.3. The predicted octanol–water partition coefficient (Wildman–Crippen LogP) is 2.67. The number of hydrogen-bond acceptors (Lipinski definition) is 6. The van der Waals surface area contributed by atoms with Crippen LogP contribution in [0.2, 0.25) is 10.0 Å². The molecule has 0 aliphatic heterocycles. The molecule has 2 heterocycles. The number of aryl methyl sites for hydroxylation is 1. The van der Waals surface area contributed by atoms with Crippen molar-refractivity contribution in [2.75, 3.05) is 18.4 Å². The number of sulfonamides is 1. The van der Waals surface area contributed by atoms with Crippen molar-refractivity contribution in [2.45, 2.75) is 11.8 Å². The molecule has 0 aliphatic carbocycles. The standard InChI is InChI=1S/C16H16Cl2N6O2S/c1-11-4-7-24(23-11)16-9-15(20-10-21-16)19-5-6-22-27(25,26)14-8-12(17)2-3-13(14)18/h2-4,7-10,22H,5-6H2,1H3,(H,19,20,21). The van der Waals surface area contributed by atoms with Gasteiger partial charge >= 0.3 is 0 Å². The van der Waals surface area contributed by atoms with E-state index in [0.29, 0.717) is 23.2 Å². The summed E-state index contributed by atoms with van der Waals surface area (Å²) in [6, 6.07) is 7.86. The molecule has 0 atom stereocenters. The van der Waals surface area contributed by atoms with E-state index in [9.17, 15) is 8.42 Å². The van der Waals surface area contributed by atoms with Crippen LogP contribution in [0.4, 0.5) is 5.82 Å². The molecule has 27 heavy (non-hydrogen) atoms. The minimum absolute atomic E-state index is 0.0601. The Morgan fingerprint density at radius 3 is 2.67 bits per heavy atom. The molecule has 3 rings (SSSR count). The van der Waals surface area contributed by atoms with Gasteiger partial charge in [0.25, 0.3) is 0 Å². The molecule has 0 amide bonds. The van der Waals surface area contributed by atoms with E-state index >= 15 is 0 Å². The number of anilines is 1. The lowest BCUT2D eigenvalue weighted by molar-refractivity contribution is 0.583. The first kappa shape index (κ1) is 19.6. The molecule has 0 radical (unpaired) electrons. The third-order valence-corrected chi connectivity index (χ3v) is 5.69. The van der Waals surface area contributed by atoms with E-state index in [1.54, 1.807) is 16.9 Å². The van der Waals surface area contributed by atoms with Crippen molar-refractivity contribution in [3.8, 4) is 5.82 Å². The van der Waals surface area contributed by atoms with Crippen LogP contribution in [-0.4, -0.2) is 41.3 Å². The Bertz CT molecular complexity index is 1050. The van der Waals surface area contributed by atoms with Gasteiger partial charge in [-0.05, 0) is 31.2 Å². The van der Waals surface area contributed by atoms with Crippen LogP contribution in [0.3, 0.4) is 0 Å². The van der Waals surface area contributed by atoms with Gasteiger partial charge in [0, 0.05) is 30.4 Å². The van der Waals surface area contributed by atoms with Crippen molar-refractivity contribution in [2.24, 2.45) is 0 Å². The molecule has 11 heteroatoms. The Hall–Kier alpha value is -2.20. The summed E-state index contributed by atoms with van der Waals surface area (Å²) in [7, 11) is -3.77. The minimum atomic E-state index is -3.77. The highest BCUT2D eigenvalue weighted by Crippen LogP contribution is 2.24. The van der Waals surface area contributed by atoms with Crippen molar-refractivity contribution in [1.82, 2.24) is 24.5 Å². The molecule has 0 bridgehead atoms. The van der Waals surface area contributed by atoms with E-state index in [-0.39, 0.29) is 16.5 Å². The second-order valence-corrected chi connectivity index (χ2v) is 8.14. The van der Waals surface area contributed by atoms with Crippen LogP contribution in [0.1, 0.15) is 5.69 Å². The smallest absolute Gasteiger partial charge is 0.242 e. The van der Waals surface area contributed by atoms with Gasteiger partial charge in [0.15, 0.2) is 5.82 Å². The molecule has 2 aromatic heterocycles. The summed E-state index contributed by atoms with van der Waals surface area (Å²) in [5.74, 6) is 1.15.